The highest BCUT2D eigenvalue weighted by molar-refractivity contribution is 6.09. The summed E-state index contributed by atoms with van der Waals surface area (Å²) in [5.74, 6) is 0. The molecule has 0 aliphatic rings. The topological polar surface area (TPSA) is 26.0 Å². The molecule has 0 aliphatic heterocycles. The molecule has 130 valence electrons. The normalized spacial score (nSPS) is 11.3. The number of pyridine rings is 1. The van der Waals surface area contributed by atoms with Crippen molar-refractivity contribution in [1.29, 1.82) is 0 Å². The largest absolute Gasteiger partial charge is 0.455 e. The standard InChI is InChI=1S/C25H19NO/c1-16-8-3-4-9-18(16)22-14-23(26-15-17(22)2)21-12-7-11-20-19-10-5-6-13-24(19)27-25(20)21/h3-15H,1-2H3. The van der Waals surface area contributed by atoms with E-state index in [1.807, 2.05) is 24.4 Å². The molecule has 0 amide bonds. The van der Waals surface area contributed by atoms with E-state index in [-0.39, 0.29) is 0 Å². The second kappa shape index (κ2) is 6.10. The third kappa shape index (κ3) is 2.53. The molecule has 2 heteroatoms. The van der Waals surface area contributed by atoms with Gasteiger partial charge in [-0.25, -0.2) is 0 Å². The molecule has 0 bridgehead atoms. The average molecular weight is 349 g/mol. The molecule has 0 aliphatic carbocycles. The van der Waals surface area contributed by atoms with Crippen molar-refractivity contribution in [2.45, 2.75) is 13.8 Å². The smallest absolute Gasteiger partial charge is 0.144 e. The van der Waals surface area contributed by atoms with Crippen molar-refractivity contribution >= 4 is 21.9 Å². The molecule has 5 aromatic rings. The minimum Gasteiger partial charge on any atom is -0.455 e. The van der Waals surface area contributed by atoms with Gasteiger partial charge in [-0.3, -0.25) is 4.98 Å². The van der Waals surface area contributed by atoms with Gasteiger partial charge in [0.2, 0.25) is 0 Å². The Kier molecular flexibility index (Phi) is 3.58. The average Bonchev–Trinajstić information content (AvgIpc) is 3.08. The summed E-state index contributed by atoms with van der Waals surface area (Å²) in [5.41, 5.74) is 8.66. The molecular formula is C25H19NO. The molecule has 5 rings (SSSR count). The van der Waals surface area contributed by atoms with Crippen molar-refractivity contribution in [2.75, 3.05) is 0 Å². The van der Waals surface area contributed by atoms with Gasteiger partial charge in [0.1, 0.15) is 11.2 Å². The van der Waals surface area contributed by atoms with Crippen LogP contribution < -0.4 is 0 Å². The number of para-hydroxylation sites is 2. The summed E-state index contributed by atoms with van der Waals surface area (Å²) in [6.07, 6.45) is 1.96. The monoisotopic (exact) mass is 349 g/mol. The second-order valence-electron chi connectivity index (χ2n) is 6.98. The van der Waals surface area contributed by atoms with E-state index >= 15 is 0 Å². The van der Waals surface area contributed by atoms with Crippen LogP contribution in [0.4, 0.5) is 0 Å². The Hall–Kier alpha value is -3.39. The van der Waals surface area contributed by atoms with Crippen molar-refractivity contribution < 1.29 is 4.42 Å². The zero-order valence-electron chi connectivity index (χ0n) is 15.4. The second-order valence-corrected chi connectivity index (χ2v) is 6.98. The summed E-state index contributed by atoms with van der Waals surface area (Å²) in [6, 6.07) is 25.1. The van der Waals surface area contributed by atoms with Crippen molar-refractivity contribution in [3.05, 3.63) is 90.1 Å². The van der Waals surface area contributed by atoms with Crippen LogP contribution in [-0.4, -0.2) is 4.98 Å². The lowest BCUT2D eigenvalue weighted by Gasteiger charge is -2.11. The van der Waals surface area contributed by atoms with Gasteiger partial charge in [0, 0.05) is 22.5 Å². The number of rotatable bonds is 2. The van der Waals surface area contributed by atoms with E-state index in [4.69, 9.17) is 9.40 Å². The Labute approximate surface area is 158 Å². The highest BCUT2D eigenvalue weighted by atomic mass is 16.3. The van der Waals surface area contributed by atoms with E-state index in [1.165, 1.54) is 22.3 Å². The lowest BCUT2D eigenvalue weighted by Crippen LogP contribution is -1.91. The Bertz CT molecular complexity index is 1300. The van der Waals surface area contributed by atoms with Gasteiger partial charge < -0.3 is 4.42 Å². The Morgan fingerprint density at radius 3 is 2.30 bits per heavy atom. The Balaban J connectivity index is 1.76. The SMILES string of the molecule is Cc1ccccc1-c1cc(-c2cccc3c2oc2ccccc23)ncc1C. The van der Waals surface area contributed by atoms with E-state index < -0.39 is 0 Å². The summed E-state index contributed by atoms with van der Waals surface area (Å²) in [4.78, 5) is 4.72. The van der Waals surface area contributed by atoms with E-state index in [0.717, 1.165) is 33.2 Å². The maximum absolute atomic E-state index is 6.20. The molecule has 3 aromatic carbocycles. The molecule has 2 heterocycles. The molecule has 0 saturated heterocycles. The minimum absolute atomic E-state index is 0.894. The molecule has 0 radical (unpaired) electrons. The van der Waals surface area contributed by atoms with Crippen LogP contribution in [0.25, 0.3) is 44.3 Å². The van der Waals surface area contributed by atoms with Crippen LogP contribution in [0.1, 0.15) is 11.1 Å². The molecule has 27 heavy (non-hydrogen) atoms. The van der Waals surface area contributed by atoms with Crippen LogP contribution in [0.2, 0.25) is 0 Å². The molecule has 2 nitrogen and oxygen atoms in total. The van der Waals surface area contributed by atoms with E-state index in [0.29, 0.717) is 0 Å². The molecular weight excluding hydrogens is 330 g/mol. The zero-order chi connectivity index (χ0) is 18.4. The number of aromatic nitrogens is 1. The first-order valence-corrected chi connectivity index (χ1v) is 9.15. The molecule has 2 aromatic heterocycles. The molecule has 0 fully saturated rings. The third-order valence-corrected chi connectivity index (χ3v) is 5.22. The number of benzene rings is 3. The lowest BCUT2D eigenvalue weighted by molar-refractivity contribution is 0.670. The lowest BCUT2D eigenvalue weighted by atomic mass is 9.96. The van der Waals surface area contributed by atoms with Crippen LogP contribution in [-0.2, 0) is 0 Å². The van der Waals surface area contributed by atoms with Gasteiger partial charge in [-0.2, -0.15) is 0 Å². The van der Waals surface area contributed by atoms with Crippen LogP contribution in [0, 0.1) is 13.8 Å². The first-order valence-electron chi connectivity index (χ1n) is 9.15. The van der Waals surface area contributed by atoms with Gasteiger partial charge in [0.25, 0.3) is 0 Å². The number of aryl methyl sites for hydroxylation is 2. The predicted molar refractivity (Wildman–Crippen MR) is 112 cm³/mol. The number of fused-ring (bicyclic) bond motifs is 3. The highest BCUT2D eigenvalue weighted by Gasteiger charge is 2.14. The van der Waals surface area contributed by atoms with E-state index in [1.54, 1.807) is 0 Å². The van der Waals surface area contributed by atoms with Crippen molar-refractivity contribution in [2.24, 2.45) is 0 Å². The zero-order valence-corrected chi connectivity index (χ0v) is 15.4. The minimum atomic E-state index is 0.894. The molecule has 0 N–H and O–H groups in total. The fourth-order valence-electron chi connectivity index (χ4n) is 3.79. The Morgan fingerprint density at radius 2 is 1.41 bits per heavy atom. The van der Waals surface area contributed by atoms with Crippen molar-refractivity contribution in [3.63, 3.8) is 0 Å². The number of furan rings is 1. The summed E-state index contributed by atoms with van der Waals surface area (Å²) >= 11 is 0. The summed E-state index contributed by atoms with van der Waals surface area (Å²) in [7, 11) is 0. The van der Waals surface area contributed by atoms with Crippen LogP contribution in [0.3, 0.4) is 0 Å². The molecule has 0 atom stereocenters. The quantitative estimate of drug-likeness (QED) is 0.345. The summed E-state index contributed by atoms with van der Waals surface area (Å²) in [5, 5.41) is 2.27. The summed E-state index contributed by atoms with van der Waals surface area (Å²) in [6.45, 7) is 4.26. The first kappa shape index (κ1) is 15.8. The van der Waals surface area contributed by atoms with Gasteiger partial charge in [-0.1, -0.05) is 54.6 Å². The maximum Gasteiger partial charge on any atom is 0.144 e. The van der Waals surface area contributed by atoms with Crippen LogP contribution in [0.5, 0.6) is 0 Å². The number of hydrogen-bond acceptors (Lipinski definition) is 2. The Morgan fingerprint density at radius 1 is 0.667 bits per heavy atom. The van der Waals surface area contributed by atoms with Gasteiger partial charge in [-0.05, 0) is 54.3 Å². The van der Waals surface area contributed by atoms with Crippen LogP contribution >= 0.6 is 0 Å². The summed E-state index contributed by atoms with van der Waals surface area (Å²) < 4.78 is 6.20. The third-order valence-electron chi connectivity index (χ3n) is 5.22. The fourth-order valence-corrected chi connectivity index (χ4v) is 3.79. The van der Waals surface area contributed by atoms with Crippen molar-refractivity contribution in [1.82, 2.24) is 4.98 Å². The highest BCUT2D eigenvalue weighted by Crippen LogP contribution is 2.36. The molecule has 0 saturated carbocycles. The molecule has 0 unspecified atom stereocenters. The van der Waals surface area contributed by atoms with Gasteiger partial charge in [-0.15, -0.1) is 0 Å². The van der Waals surface area contributed by atoms with Crippen LogP contribution in [0.15, 0.2) is 83.4 Å². The van der Waals surface area contributed by atoms with E-state index in [9.17, 15) is 0 Å². The van der Waals surface area contributed by atoms with Crippen molar-refractivity contribution in [3.8, 4) is 22.4 Å². The van der Waals surface area contributed by atoms with E-state index in [2.05, 4.69) is 68.4 Å². The fraction of sp³-hybridized carbons (Fsp3) is 0.0800. The maximum atomic E-state index is 6.20. The van der Waals surface area contributed by atoms with Gasteiger partial charge in [0.05, 0.1) is 5.69 Å². The van der Waals surface area contributed by atoms with Gasteiger partial charge in [0.15, 0.2) is 0 Å². The molecule has 0 spiro atoms. The first-order chi connectivity index (χ1) is 13.2. The predicted octanol–water partition coefficient (Wildman–Crippen LogP) is 6.93. The number of hydrogen-bond donors (Lipinski definition) is 0. The number of nitrogens with zero attached hydrogens (tertiary/aromatic N) is 1. The van der Waals surface area contributed by atoms with Gasteiger partial charge >= 0.3 is 0 Å².